The zero-order chi connectivity index (χ0) is 28.1. The van der Waals surface area contributed by atoms with Crippen molar-refractivity contribution >= 4 is 28.0 Å². The van der Waals surface area contributed by atoms with Crippen LogP contribution in [0, 0.1) is 0 Å². The molecule has 12 nitrogen and oxygen atoms in total. The summed E-state index contributed by atoms with van der Waals surface area (Å²) < 4.78 is 44.7. The molecule has 1 aromatic carbocycles. The maximum absolute atomic E-state index is 12.8. The van der Waals surface area contributed by atoms with Crippen molar-refractivity contribution in [3.8, 4) is 11.5 Å². The zero-order valence-corrected chi connectivity index (χ0v) is 22.9. The van der Waals surface area contributed by atoms with Crippen LogP contribution < -0.4 is 24.8 Å². The molecule has 0 radical (unpaired) electrons. The monoisotopic (exact) mass is 555 g/mol. The van der Waals surface area contributed by atoms with Crippen LogP contribution in [0.25, 0.3) is 0 Å². The average Bonchev–Trinajstić information content (AvgIpc) is 2.82. The summed E-state index contributed by atoms with van der Waals surface area (Å²) in [5, 5.41) is 14.1. The highest BCUT2D eigenvalue weighted by molar-refractivity contribution is 7.90. The van der Waals surface area contributed by atoms with Gasteiger partial charge in [-0.2, -0.15) is 0 Å². The van der Waals surface area contributed by atoms with E-state index in [1.807, 2.05) is 0 Å². The number of rotatable bonds is 9. The second-order valence-electron chi connectivity index (χ2n) is 10.6. The van der Waals surface area contributed by atoms with Gasteiger partial charge in [-0.05, 0) is 64.7 Å². The van der Waals surface area contributed by atoms with Crippen LogP contribution in [0.5, 0.6) is 11.5 Å². The number of fused-ring (bicyclic) bond motifs is 1. The van der Waals surface area contributed by atoms with Gasteiger partial charge in [-0.25, -0.2) is 17.9 Å². The molecular formula is C25H37N3O9S. The van der Waals surface area contributed by atoms with Crippen LogP contribution in [0.1, 0.15) is 65.4 Å². The lowest BCUT2D eigenvalue weighted by Crippen LogP contribution is -2.52. The number of carbonyl (C=O) groups excluding carboxylic acids is 2. The lowest BCUT2D eigenvalue weighted by atomic mass is 10.0. The Bertz CT molecular complexity index is 1130. The number of aliphatic carboxylic acids is 1. The molecule has 1 aliphatic carbocycles. The number of carboxylic acid groups (broad SMARTS) is 1. The van der Waals surface area contributed by atoms with Gasteiger partial charge in [-0.1, -0.05) is 25.3 Å². The van der Waals surface area contributed by atoms with Gasteiger partial charge in [0.2, 0.25) is 22.2 Å². The molecule has 3 rings (SSSR count). The van der Waals surface area contributed by atoms with Gasteiger partial charge < -0.3 is 30.0 Å². The van der Waals surface area contributed by atoms with E-state index < -0.39 is 57.2 Å². The third kappa shape index (κ3) is 8.48. The molecule has 1 fully saturated rings. The minimum Gasteiger partial charge on any atom is -0.481 e. The van der Waals surface area contributed by atoms with Gasteiger partial charge >= 0.3 is 12.1 Å². The van der Waals surface area contributed by atoms with Gasteiger partial charge in [0.05, 0.1) is 5.25 Å². The van der Waals surface area contributed by atoms with E-state index in [1.54, 1.807) is 45.9 Å². The molecule has 38 heavy (non-hydrogen) atoms. The lowest BCUT2D eigenvalue weighted by Gasteiger charge is -2.32. The van der Waals surface area contributed by atoms with Gasteiger partial charge in [-0.3, -0.25) is 9.59 Å². The molecule has 1 aliphatic heterocycles. The molecule has 212 valence electrons. The van der Waals surface area contributed by atoms with Crippen LogP contribution in [-0.2, 0) is 30.8 Å². The second-order valence-corrected chi connectivity index (χ2v) is 12.6. The van der Waals surface area contributed by atoms with E-state index in [1.165, 1.54) is 0 Å². The number of alkyl carbamates (subject to hydrolysis) is 1. The minimum absolute atomic E-state index is 0.107. The third-order valence-electron chi connectivity index (χ3n) is 6.13. The number of ether oxygens (including phenoxy) is 3. The summed E-state index contributed by atoms with van der Waals surface area (Å²) in [7, 11) is -3.79. The molecule has 1 aromatic rings. The maximum atomic E-state index is 12.8. The Morgan fingerprint density at radius 1 is 1.11 bits per heavy atom. The lowest BCUT2D eigenvalue weighted by molar-refractivity contribution is -0.139. The Morgan fingerprint density at radius 2 is 1.79 bits per heavy atom. The normalized spacial score (nSPS) is 20.7. The van der Waals surface area contributed by atoms with Gasteiger partial charge in [-0.15, -0.1) is 0 Å². The summed E-state index contributed by atoms with van der Waals surface area (Å²) in [5.74, 6) is -1.15. The Kier molecular flexibility index (Phi) is 9.47. The minimum atomic E-state index is -3.79. The largest absolute Gasteiger partial charge is 0.481 e. The van der Waals surface area contributed by atoms with Crippen LogP contribution in [0.15, 0.2) is 18.2 Å². The summed E-state index contributed by atoms with van der Waals surface area (Å²) in [6, 6.07) is 3.46. The highest BCUT2D eigenvalue weighted by atomic mass is 32.2. The van der Waals surface area contributed by atoms with Crippen molar-refractivity contribution < 1.29 is 42.1 Å². The fraction of sp³-hybridized carbons (Fsp3) is 0.640. The predicted octanol–water partition coefficient (Wildman–Crippen LogP) is 2.06. The number of amides is 2. The number of hydrogen-bond acceptors (Lipinski definition) is 8. The molecule has 1 saturated carbocycles. The first-order chi connectivity index (χ1) is 17.7. The smallest absolute Gasteiger partial charge is 0.408 e. The molecule has 1 heterocycles. The first-order valence-electron chi connectivity index (χ1n) is 12.7. The first kappa shape index (κ1) is 29.5. The molecule has 0 aromatic heterocycles. The Morgan fingerprint density at radius 3 is 2.42 bits per heavy atom. The molecule has 2 aliphatic rings. The maximum Gasteiger partial charge on any atom is 0.408 e. The predicted molar refractivity (Wildman–Crippen MR) is 137 cm³/mol. The van der Waals surface area contributed by atoms with Crippen molar-refractivity contribution in [1.82, 2.24) is 15.4 Å². The number of benzene rings is 1. The van der Waals surface area contributed by atoms with Crippen LogP contribution in [0.4, 0.5) is 4.79 Å². The van der Waals surface area contributed by atoms with Crippen LogP contribution in [0.2, 0.25) is 0 Å². The highest BCUT2D eigenvalue weighted by Gasteiger charge is 2.33. The van der Waals surface area contributed by atoms with Crippen molar-refractivity contribution in [2.24, 2.45) is 0 Å². The first-order valence-corrected chi connectivity index (χ1v) is 14.2. The summed E-state index contributed by atoms with van der Waals surface area (Å²) in [5.41, 5.74) is -0.191. The SMILES string of the molecule is CC1Oc2ccc(C[C@H](NS(=O)(=O)C3CCCCC3)C(=O)O)cc2OC1NC(=O)CNC(=O)OC(C)(C)C. The Balaban J connectivity index is 1.62. The Labute approximate surface area is 222 Å². The molecule has 2 amide bonds. The van der Waals surface area contributed by atoms with Gasteiger partial charge in [0.25, 0.3) is 0 Å². The molecule has 2 unspecified atom stereocenters. The average molecular weight is 556 g/mol. The van der Waals surface area contributed by atoms with Crippen molar-refractivity contribution in [1.29, 1.82) is 0 Å². The van der Waals surface area contributed by atoms with Gasteiger partial charge in [0.1, 0.15) is 18.2 Å². The van der Waals surface area contributed by atoms with Crippen molar-refractivity contribution in [3.05, 3.63) is 23.8 Å². The van der Waals surface area contributed by atoms with Gasteiger partial charge in [0.15, 0.2) is 17.6 Å². The number of carbonyl (C=O) groups is 3. The molecule has 0 spiro atoms. The molecule has 0 saturated heterocycles. The molecule has 13 heteroatoms. The summed E-state index contributed by atoms with van der Waals surface area (Å²) in [6.45, 7) is 6.48. The fourth-order valence-electron chi connectivity index (χ4n) is 4.27. The molecule has 4 N–H and O–H groups in total. The van der Waals surface area contributed by atoms with E-state index in [9.17, 15) is 27.9 Å². The van der Waals surface area contributed by atoms with E-state index in [-0.39, 0.29) is 18.7 Å². The number of hydrogen-bond donors (Lipinski definition) is 4. The van der Waals surface area contributed by atoms with Gasteiger partial charge in [0, 0.05) is 0 Å². The second kappa shape index (κ2) is 12.2. The summed E-state index contributed by atoms with van der Waals surface area (Å²) in [4.78, 5) is 36.0. The number of sulfonamides is 1. The third-order valence-corrected chi connectivity index (χ3v) is 8.09. The van der Waals surface area contributed by atoms with Crippen molar-refractivity contribution in [2.75, 3.05) is 6.54 Å². The summed E-state index contributed by atoms with van der Waals surface area (Å²) in [6.07, 6.45) is 1.34. The molecule has 3 atom stereocenters. The topological polar surface area (TPSA) is 169 Å². The Hall–Kier alpha value is -3.06. The fourth-order valence-corrected chi connectivity index (χ4v) is 6.00. The van der Waals surface area contributed by atoms with E-state index in [0.717, 1.165) is 19.3 Å². The van der Waals surface area contributed by atoms with E-state index in [4.69, 9.17) is 14.2 Å². The molecule has 0 bridgehead atoms. The van der Waals surface area contributed by atoms with Crippen LogP contribution in [-0.4, -0.2) is 67.3 Å². The quantitative estimate of drug-likeness (QED) is 0.356. The molecular weight excluding hydrogens is 518 g/mol. The van der Waals surface area contributed by atoms with Crippen LogP contribution in [0.3, 0.4) is 0 Å². The van der Waals surface area contributed by atoms with Crippen LogP contribution >= 0.6 is 0 Å². The number of carboxylic acids is 1. The number of nitrogens with one attached hydrogen (secondary N) is 3. The standard InChI is InChI=1S/C25H37N3O9S/c1-15-22(27-21(29)14-26-24(32)37-25(2,3)4)36-20-13-16(10-11-19(20)35-15)12-18(23(30)31)28-38(33,34)17-8-6-5-7-9-17/h10-11,13,15,17-18,22,28H,5-9,12,14H2,1-4H3,(H,26,32)(H,27,29)(H,30,31)/t15?,18-,22?/m0/s1. The summed E-state index contributed by atoms with van der Waals surface area (Å²) >= 11 is 0. The highest BCUT2D eigenvalue weighted by Crippen LogP contribution is 2.34. The van der Waals surface area contributed by atoms with E-state index >= 15 is 0 Å². The van der Waals surface area contributed by atoms with E-state index in [2.05, 4.69) is 15.4 Å². The zero-order valence-electron chi connectivity index (χ0n) is 22.1. The van der Waals surface area contributed by atoms with E-state index in [0.29, 0.717) is 24.2 Å². The van der Waals surface area contributed by atoms with Crippen molar-refractivity contribution in [3.63, 3.8) is 0 Å². The van der Waals surface area contributed by atoms with Crippen molar-refractivity contribution in [2.45, 2.75) is 95.4 Å².